The van der Waals surface area contributed by atoms with Crippen LogP contribution in [-0.4, -0.2) is 6.04 Å². The molecule has 0 unspecified atom stereocenters. The van der Waals surface area contributed by atoms with E-state index in [1.165, 1.54) is 0 Å². The fourth-order valence-electron chi connectivity index (χ4n) is 1.73. The van der Waals surface area contributed by atoms with E-state index in [1.54, 1.807) is 6.26 Å². The Balaban J connectivity index is 2.37. The van der Waals surface area contributed by atoms with Crippen LogP contribution in [0.3, 0.4) is 0 Å². The Hall–Kier alpha value is -0.770. The largest absolute Gasteiger partial charge is 0.463 e. The van der Waals surface area contributed by atoms with Gasteiger partial charge in [-0.1, -0.05) is 25.4 Å². The van der Waals surface area contributed by atoms with Crippen LogP contribution in [0.4, 0.5) is 0 Å². The molecule has 0 saturated heterocycles. The molecule has 0 amide bonds. The molecule has 0 aliphatic carbocycles. The fourth-order valence-corrected chi connectivity index (χ4v) is 2.34. The van der Waals surface area contributed by atoms with Crippen LogP contribution in [0.1, 0.15) is 19.4 Å². The van der Waals surface area contributed by atoms with E-state index >= 15 is 0 Å². The van der Waals surface area contributed by atoms with E-state index < -0.39 is 0 Å². The van der Waals surface area contributed by atoms with Gasteiger partial charge in [0.2, 0.25) is 0 Å². The van der Waals surface area contributed by atoms with Gasteiger partial charge in [0.1, 0.15) is 5.76 Å². The minimum atomic E-state index is 0.428. The van der Waals surface area contributed by atoms with Gasteiger partial charge in [-0.3, -0.25) is 0 Å². The average Bonchev–Trinajstić information content (AvgIpc) is 2.73. The summed E-state index contributed by atoms with van der Waals surface area (Å²) in [7, 11) is 0. The summed E-state index contributed by atoms with van der Waals surface area (Å²) in [6.07, 6.45) is 1.67. The topological polar surface area (TPSA) is 25.2 Å². The zero-order valence-electron chi connectivity index (χ0n) is 10.3. The van der Waals surface area contributed by atoms with Gasteiger partial charge in [0, 0.05) is 23.2 Å². The van der Waals surface area contributed by atoms with Crippen molar-refractivity contribution in [2.24, 2.45) is 0 Å². The molecule has 0 saturated carbocycles. The third-order valence-electron chi connectivity index (χ3n) is 2.63. The highest BCUT2D eigenvalue weighted by molar-refractivity contribution is 9.10. The van der Waals surface area contributed by atoms with E-state index in [0.717, 1.165) is 32.9 Å². The van der Waals surface area contributed by atoms with Crippen molar-refractivity contribution in [3.05, 3.63) is 45.6 Å². The van der Waals surface area contributed by atoms with Crippen LogP contribution in [0, 0.1) is 0 Å². The van der Waals surface area contributed by atoms with Crippen LogP contribution in [0.15, 0.2) is 39.4 Å². The Kier molecular flexibility index (Phi) is 4.49. The summed E-state index contributed by atoms with van der Waals surface area (Å²) in [5, 5.41) is 4.13. The van der Waals surface area contributed by atoms with Crippen LogP contribution in [0.2, 0.25) is 5.02 Å². The second-order valence-corrected chi connectivity index (χ2v) is 5.73. The molecule has 0 aliphatic heterocycles. The number of benzene rings is 1. The minimum absolute atomic E-state index is 0.428. The highest BCUT2D eigenvalue weighted by atomic mass is 79.9. The molecular weight excluding hydrogens is 314 g/mol. The third kappa shape index (κ3) is 3.16. The van der Waals surface area contributed by atoms with Gasteiger partial charge in [-0.15, -0.1) is 0 Å². The van der Waals surface area contributed by atoms with E-state index in [-0.39, 0.29) is 0 Å². The normalized spacial score (nSPS) is 11.2. The molecule has 1 N–H and O–H groups in total. The predicted molar refractivity (Wildman–Crippen MR) is 78.8 cm³/mol. The number of nitrogens with one attached hydrogen (secondary N) is 1. The fraction of sp³-hybridized carbons (Fsp3) is 0.286. The molecule has 0 aliphatic rings. The Bertz CT molecular complexity index is 536. The van der Waals surface area contributed by atoms with E-state index in [9.17, 15) is 0 Å². The number of hydrogen-bond donors (Lipinski definition) is 1. The zero-order valence-corrected chi connectivity index (χ0v) is 12.7. The molecule has 4 heteroatoms. The first-order valence-electron chi connectivity index (χ1n) is 5.83. The molecule has 1 heterocycles. The zero-order chi connectivity index (χ0) is 13.1. The number of halogens is 2. The Morgan fingerprint density at radius 3 is 2.72 bits per heavy atom. The molecule has 0 spiro atoms. The first kappa shape index (κ1) is 13.7. The maximum atomic E-state index is 6.06. The summed E-state index contributed by atoms with van der Waals surface area (Å²) in [5.41, 5.74) is 2.19. The molecule has 0 fully saturated rings. The molecular formula is C14H15BrClNO. The van der Waals surface area contributed by atoms with Gasteiger partial charge in [0.25, 0.3) is 0 Å². The Labute approximate surface area is 120 Å². The van der Waals surface area contributed by atoms with Crippen molar-refractivity contribution >= 4 is 27.5 Å². The van der Waals surface area contributed by atoms with Crippen molar-refractivity contribution in [1.29, 1.82) is 0 Å². The van der Waals surface area contributed by atoms with E-state index in [2.05, 4.69) is 35.1 Å². The lowest BCUT2D eigenvalue weighted by molar-refractivity contribution is 0.572. The lowest BCUT2D eigenvalue weighted by Gasteiger charge is -2.12. The first-order valence-corrected chi connectivity index (χ1v) is 7.00. The van der Waals surface area contributed by atoms with Crippen LogP contribution in [0.5, 0.6) is 0 Å². The highest BCUT2D eigenvalue weighted by Gasteiger charge is 2.12. The summed E-state index contributed by atoms with van der Waals surface area (Å²) >= 11 is 9.55. The second kappa shape index (κ2) is 5.91. The maximum Gasteiger partial charge on any atom is 0.148 e. The molecule has 1 aromatic carbocycles. The van der Waals surface area contributed by atoms with Crippen molar-refractivity contribution in [3.63, 3.8) is 0 Å². The summed E-state index contributed by atoms with van der Waals surface area (Å²) in [6.45, 7) is 5.00. The molecule has 2 aromatic rings. The van der Waals surface area contributed by atoms with Crippen LogP contribution in [-0.2, 0) is 6.54 Å². The van der Waals surface area contributed by atoms with E-state index in [1.807, 2.05) is 24.3 Å². The summed E-state index contributed by atoms with van der Waals surface area (Å²) in [4.78, 5) is 0. The minimum Gasteiger partial charge on any atom is -0.463 e. The molecule has 96 valence electrons. The number of hydrogen-bond acceptors (Lipinski definition) is 2. The van der Waals surface area contributed by atoms with Crippen LogP contribution >= 0.6 is 27.5 Å². The van der Waals surface area contributed by atoms with Gasteiger partial charge >= 0.3 is 0 Å². The Morgan fingerprint density at radius 1 is 1.33 bits per heavy atom. The van der Waals surface area contributed by atoms with E-state index in [4.69, 9.17) is 16.0 Å². The summed E-state index contributed by atoms with van der Waals surface area (Å²) < 4.78 is 6.47. The lowest BCUT2D eigenvalue weighted by Crippen LogP contribution is -2.22. The smallest absolute Gasteiger partial charge is 0.148 e. The van der Waals surface area contributed by atoms with Gasteiger partial charge in [-0.25, -0.2) is 0 Å². The number of rotatable bonds is 4. The molecule has 2 nitrogen and oxygen atoms in total. The monoisotopic (exact) mass is 327 g/mol. The standard InChI is InChI=1S/C14H15BrClNO/c1-9(2)17-8-10-7-11(16)3-4-12(10)14-13(15)5-6-18-14/h3-7,9,17H,8H2,1-2H3. The third-order valence-corrected chi connectivity index (χ3v) is 3.49. The van der Waals surface area contributed by atoms with Gasteiger partial charge in [-0.05, 0) is 45.8 Å². The van der Waals surface area contributed by atoms with Gasteiger partial charge in [0.05, 0.1) is 10.7 Å². The Morgan fingerprint density at radius 2 is 2.11 bits per heavy atom. The van der Waals surface area contributed by atoms with Gasteiger partial charge in [0.15, 0.2) is 0 Å². The maximum absolute atomic E-state index is 6.06. The molecule has 18 heavy (non-hydrogen) atoms. The molecule has 0 bridgehead atoms. The van der Waals surface area contributed by atoms with Gasteiger partial charge < -0.3 is 9.73 Å². The summed E-state index contributed by atoms with van der Waals surface area (Å²) in [5.74, 6) is 0.840. The van der Waals surface area contributed by atoms with E-state index in [0.29, 0.717) is 6.04 Å². The highest BCUT2D eigenvalue weighted by Crippen LogP contribution is 2.33. The second-order valence-electron chi connectivity index (χ2n) is 4.43. The average molecular weight is 329 g/mol. The molecule has 2 rings (SSSR count). The van der Waals surface area contributed by atoms with Crippen LogP contribution in [0.25, 0.3) is 11.3 Å². The first-order chi connectivity index (χ1) is 8.58. The van der Waals surface area contributed by atoms with Crippen molar-refractivity contribution in [3.8, 4) is 11.3 Å². The SMILES string of the molecule is CC(C)NCc1cc(Cl)ccc1-c1occc1Br. The summed E-state index contributed by atoms with van der Waals surface area (Å²) in [6, 6.07) is 8.16. The van der Waals surface area contributed by atoms with Crippen molar-refractivity contribution in [1.82, 2.24) is 5.32 Å². The van der Waals surface area contributed by atoms with Crippen molar-refractivity contribution in [2.75, 3.05) is 0 Å². The molecule has 1 aromatic heterocycles. The lowest BCUT2D eigenvalue weighted by atomic mass is 10.1. The predicted octanol–water partition coefficient (Wildman–Crippen LogP) is 4.86. The van der Waals surface area contributed by atoms with Gasteiger partial charge in [-0.2, -0.15) is 0 Å². The van der Waals surface area contributed by atoms with Crippen molar-refractivity contribution < 1.29 is 4.42 Å². The molecule has 0 radical (unpaired) electrons. The number of furan rings is 1. The molecule has 0 atom stereocenters. The van der Waals surface area contributed by atoms with Crippen LogP contribution < -0.4 is 5.32 Å². The quantitative estimate of drug-likeness (QED) is 0.867. The van der Waals surface area contributed by atoms with Crippen molar-refractivity contribution in [2.45, 2.75) is 26.4 Å².